The number of amides is 2. The van der Waals surface area contributed by atoms with Gasteiger partial charge in [-0.05, 0) is 49.1 Å². The first-order valence-corrected chi connectivity index (χ1v) is 10.9. The zero-order valence-corrected chi connectivity index (χ0v) is 19.2. The van der Waals surface area contributed by atoms with E-state index < -0.39 is 18.1 Å². The quantitative estimate of drug-likeness (QED) is 0.201. The molecule has 0 aliphatic carbocycles. The topological polar surface area (TPSA) is 117 Å². The Morgan fingerprint density at radius 2 is 1.88 bits per heavy atom. The van der Waals surface area contributed by atoms with Crippen LogP contribution in [-0.2, 0) is 9.53 Å². The molecule has 2 aromatic carbocycles. The molecule has 172 valence electrons. The number of anilines is 1. The number of allylic oxidation sites excluding steroid dienone is 1. The number of aliphatic hydroxyl groups is 1. The monoisotopic (exact) mass is 506 g/mol. The highest BCUT2D eigenvalue weighted by atomic mass is 79.9. The molecule has 2 aromatic rings. The van der Waals surface area contributed by atoms with Crippen molar-refractivity contribution in [2.24, 2.45) is 5.92 Å². The van der Waals surface area contributed by atoms with E-state index in [1.807, 2.05) is 31.2 Å². The van der Waals surface area contributed by atoms with Crippen LogP contribution in [0.5, 0.6) is 5.75 Å². The second kappa shape index (κ2) is 13.5. The van der Waals surface area contributed by atoms with Gasteiger partial charge in [-0.1, -0.05) is 47.1 Å². The van der Waals surface area contributed by atoms with Gasteiger partial charge in [0.1, 0.15) is 18.5 Å². The lowest BCUT2D eigenvalue weighted by atomic mass is 9.92. The Bertz CT molecular complexity index is 904. The number of para-hydroxylation sites is 1. The van der Waals surface area contributed by atoms with Gasteiger partial charge >= 0.3 is 6.09 Å². The Morgan fingerprint density at radius 1 is 1.16 bits per heavy atom. The molecule has 0 radical (unpaired) electrons. The predicted octanol–water partition coefficient (Wildman–Crippen LogP) is 4.59. The summed E-state index contributed by atoms with van der Waals surface area (Å²) in [7, 11) is 0. The van der Waals surface area contributed by atoms with Gasteiger partial charge in [-0.25, -0.2) is 10.3 Å². The molecule has 0 heterocycles. The molecule has 0 aliphatic heterocycles. The zero-order valence-electron chi connectivity index (χ0n) is 17.7. The Morgan fingerprint density at radius 3 is 2.56 bits per heavy atom. The van der Waals surface area contributed by atoms with E-state index in [1.54, 1.807) is 30.3 Å². The van der Waals surface area contributed by atoms with E-state index in [2.05, 4.69) is 21.2 Å². The number of ether oxygens (including phenoxy) is 2. The predicted molar refractivity (Wildman–Crippen MR) is 123 cm³/mol. The number of halogens is 1. The standard InChI is InChI=1S/C23H27BrN2O6/c1-16(6-2-5-9-21(28)26-30)22(19-7-3-4-8-20(19)31-15-14-27)32-23(29)25-18-12-10-17(24)11-13-18/h3-5,7-13,16,22,27,30H,2,6,14-15H2,1H3,(H,25,29)(H,26,28)/b9-5+/t16-,22-/m0/s1. The van der Waals surface area contributed by atoms with Gasteiger partial charge in [-0.15, -0.1) is 0 Å². The first-order valence-electron chi connectivity index (χ1n) is 10.1. The number of rotatable bonds is 11. The van der Waals surface area contributed by atoms with E-state index in [9.17, 15) is 9.59 Å². The number of carbonyl (C=O) groups is 2. The maximum atomic E-state index is 12.6. The summed E-state index contributed by atoms with van der Waals surface area (Å²) < 4.78 is 12.3. The Kier molecular flexibility index (Phi) is 10.7. The number of hydroxylamine groups is 1. The van der Waals surface area contributed by atoms with Gasteiger partial charge < -0.3 is 14.6 Å². The Hall–Kier alpha value is -2.88. The lowest BCUT2D eigenvalue weighted by molar-refractivity contribution is -0.124. The van der Waals surface area contributed by atoms with Crippen molar-refractivity contribution in [2.45, 2.75) is 25.9 Å². The molecule has 0 aromatic heterocycles. The summed E-state index contributed by atoms with van der Waals surface area (Å²) in [6, 6.07) is 14.3. The van der Waals surface area contributed by atoms with Crippen LogP contribution in [0.4, 0.5) is 10.5 Å². The number of nitrogens with one attached hydrogen (secondary N) is 2. The van der Waals surface area contributed by atoms with E-state index in [0.29, 0.717) is 29.8 Å². The highest BCUT2D eigenvalue weighted by Gasteiger charge is 2.26. The first-order chi connectivity index (χ1) is 15.4. The first kappa shape index (κ1) is 25.4. The van der Waals surface area contributed by atoms with E-state index in [-0.39, 0.29) is 19.1 Å². The maximum Gasteiger partial charge on any atom is 0.412 e. The largest absolute Gasteiger partial charge is 0.491 e. The van der Waals surface area contributed by atoms with Crippen molar-refractivity contribution in [2.75, 3.05) is 18.5 Å². The summed E-state index contributed by atoms with van der Waals surface area (Å²) in [6.45, 7) is 1.90. The van der Waals surface area contributed by atoms with Crippen LogP contribution in [0.15, 0.2) is 65.2 Å². The average molecular weight is 507 g/mol. The molecule has 0 bridgehead atoms. The van der Waals surface area contributed by atoms with Gasteiger partial charge in [0.05, 0.1) is 6.61 Å². The molecule has 0 saturated carbocycles. The van der Waals surface area contributed by atoms with Crippen LogP contribution in [-0.4, -0.2) is 35.5 Å². The molecule has 8 nitrogen and oxygen atoms in total. The van der Waals surface area contributed by atoms with Crippen LogP contribution in [0.25, 0.3) is 0 Å². The maximum absolute atomic E-state index is 12.6. The van der Waals surface area contributed by atoms with Crippen LogP contribution in [0.2, 0.25) is 0 Å². The second-order valence-corrected chi connectivity index (χ2v) is 7.92. The molecule has 2 atom stereocenters. The number of benzene rings is 2. The van der Waals surface area contributed by atoms with Crippen molar-refractivity contribution in [1.29, 1.82) is 0 Å². The third-order valence-electron chi connectivity index (χ3n) is 4.58. The number of hydrogen-bond donors (Lipinski definition) is 4. The second-order valence-electron chi connectivity index (χ2n) is 7.00. The fraction of sp³-hybridized carbons (Fsp3) is 0.304. The molecule has 0 aliphatic rings. The van der Waals surface area contributed by atoms with Crippen molar-refractivity contribution in [3.8, 4) is 5.75 Å². The van der Waals surface area contributed by atoms with Crippen LogP contribution in [0.3, 0.4) is 0 Å². The molecular weight excluding hydrogens is 480 g/mol. The molecule has 0 unspecified atom stereocenters. The van der Waals surface area contributed by atoms with Gasteiger partial charge in [0.15, 0.2) is 0 Å². The van der Waals surface area contributed by atoms with E-state index in [1.165, 1.54) is 11.6 Å². The van der Waals surface area contributed by atoms with Gasteiger partial charge in [0.25, 0.3) is 5.91 Å². The Balaban J connectivity index is 2.18. The normalized spacial score (nSPS) is 12.8. The molecule has 0 spiro atoms. The molecule has 9 heteroatoms. The molecule has 0 fully saturated rings. The Labute approximate surface area is 195 Å². The molecule has 2 amide bonds. The summed E-state index contributed by atoms with van der Waals surface area (Å²) in [4.78, 5) is 23.8. The summed E-state index contributed by atoms with van der Waals surface area (Å²) in [6.07, 6.45) is 2.75. The zero-order chi connectivity index (χ0) is 23.3. The molecule has 32 heavy (non-hydrogen) atoms. The van der Waals surface area contributed by atoms with Gasteiger partial charge in [-0.3, -0.25) is 15.3 Å². The number of aliphatic hydroxyl groups excluding tert-OH is 1. The third kappa shape index (κ3) is 8.33. The summed E-state index contributed by atoms with van der Waals surface area (Å²) >= 11 is 3.35. The van der Waals surface area contributed by atoms with E-state index >= 15 is 0 Å². The molecule has 4 N–H and O–H groups in total. The van der Waals surface area contributed by atoms with Crippen LogP contribution >= 0.6 is 15.9 Å². The lowest BCUT2D eigenvalue weighted by Gasteiger charge is -2.26. The SMILES string of the molecule is C[C@@H](CC/C=C/C(=O)NO)[C@H](OC(=O)Nc1ccc(Br)cc1)c1ccccc1OCCO. The fourth-order valence-corrected chi connectivity index (χ4v) is 3.29. The highest BCUT2D eigenvalue weighted by molar-refractivity contribution is 9.10. The minimum Gasteiger partial charge on any atom is -0.491 e. The van der Waals surface area contributed by atoms with Crippen LogP contribution < -0.4 is 15.5 Å². The minimum atomic E-state index is -0.639. The smallest absolute Gasteiger partial charge is 0.412 e. The summed E-state index contributed by atoms with van der Waals surface area (Å²) in [5.41, 5.74) is 2.81. The van der Waals surface area contributed by atoms with Gasteiger partial charge in [0, 0.05) is 21.8 Å². The average Bonchev–Trinajstić information content (AvgIpc) is 2.80. The number of hydrogen-bond acceptors (Lipinski definition) is 6. The lowest BCUT2D eigenvalue weighted by Crippen LogP contribution is -2.22. The van der Waals surface area contributed by atoms with E-state index in [0.717, 1.165) is 4.47 Å². The van der Waals surface area contributed by atoms with Crippen molar-refractivity contribution >= 4 is 33.6 Å². The molecule has 0 saturated heterocycles. The van der Waals surface area contributed by atoms with Crippen molar-refractivity contribution in [1.82, 2.24) is 5.48 Å². The van der Waals surface area contributed by atoms with Crippen LogP contribution in [0, 0.1) is 5.92 Å². The molecular formula is C23H27BrN2O6. The fourth-order valence-electron chi connectivity index (χ4n) is 3.02. The van der Waals surface area contributed by atoms with Crippen molar-refractivity contribution < 1.29 is 29.4 Å². The van der Waals surface area contributed by atoms with Gasteiger partial charge in [-0.2, -0.15) is 0 Å². The van der Waals surface area contributed by atoms with E-state index in [4.69, 9.17) is 19.8 Å². The number of carbonyl (C=O) groups excluding carboxylic acids is 2. The van der Waals surface area contributed by atoms with Crippen LogP contribution in [0.1, 0.15) is 31.4 Å². The minimum absolute atomic E-state index is 0.113. The summed E-state index contributed by atoms with van der Waals surface area (Å²) in [5, 5.41) is 20.4. The highest BCUT2D eigenvalue weighted by Crippen LogP contribution is 2.35. The van der Waals surface area contributed by atoms with Gasteiger partial charge in [0.2, 0.25) is 0 Å². The van der Waals surface area contributed by atoms with Crippen molar-refractivity contribution in [3.05, 3.63) is 70.7 Å². The van der Waals surface area contributed by atoms with Crippen molar-refractivity contribution in [3.63, 3.8) is 0 Å². The molecule has 2 rings (SSSR count). The third-order valence-corrected chi connectivity index (χ3v) is 5.11. The summed E-state index contributed by atoms with van der Waals surface area (Å²) in [5.74, 6) is -0.224.